The lowest BCUT2D eigenvalue weighted by molar-refractivity contribution is -0.132. The summed E-state index contributed by atoms with van der Waals surface area (Å²) in [6.07, 6.45) is 4.14. The van der Waals surface area contributed by atoms with E-state index in [9.17, 15) is 19.2 Å². The van der Waals surface area contributed by atoms with Gasteiger partial charge in [-0.2, -0.15) is 0 Å². The van der Waals surface area contributed by atoms with Gasteiger partial charge in [-0.25, -0.2) is 0 Å². The second-order valence-electron chi connectivity index (χ2n) is 10.3. The Labute approximate surface area is 233 Å². The lowest BCUT2D eigenvalue weighted by Gasteiger charge is -2.23. The Hall–Kier alpha value is -4.15. The van der Waals surface area contributed by atoms with E-state index in [-0.39, 0.29) is 30.6 Å². The molecule has 214 valence electrons. The van der Waals surface area contributed by atoms with E-state index in [1.165, 1.54) is 0 Å². The van der Waals surface area contributed by atoms with Crippen LogP contribution in [0.5, 0.6) is 0 Å². The molecule has 0 unspecified atom stereocenters. The number of hydrogen-bond acceptors (Lipinski definition) is 6. The average Bonchev–Trinajstić information content (AvgIpc) is 3.49. The van der Waals surface area contributed by atoms with E-state index in [0.29, 0.717) is 51.1 Å². The number of carbonyl (C=O) groups is 4. The zero-order chi connectivity index (χ0) is 28.6. The number of benzene rings is 1. The van der Waals surface area contributed by atoms with Crippen LogP contribution in [-0.2, 0) is 32.0 Å². The first-order valence-corrected chi connectivity index (χ1v) is 13.8. The third kappa shape index (κ3) is 7.28. The van der Waals surface area contributed by atoms with Gasteiger partial charge in [0.25, 0.3) is 0 Å². The van der Waals surface area contributed by atoms with Crippen LogP contribution in [0.2, 0.25) is 0 Å². The van der Waals surface area contributed by atoms with Crippen LogP contribution < -0.4 is 16.0 Å². The minimum absolute atomic E-state index is 0.0292. The van der Waals surface area contributed by atoms with Crippen molar-refractivity contribution in [2.75, 3.05) is 19.6 Å². The minimum Gasteiger partial charge on any atom is -0.361 e. The number of carbonyl (C=O) groups excluding carboxylic acids is 4. The maximum Gasteiger partial charge on any atom is 0.242 e. The number of nitrogens with zero attached hydrogens (tertiary/aromatic N) is 2. The molecule has 1 saturated heterocycles. The summed E-state index contributed by atoms with van der Waals surface area (Å²) in [5.74, 6) is -0.347. The van der Waals surface area contributed by atoms with Crippen LogP contribution in [0.25, 0.3) is 10.9 Å². The lowest BCUT2D eigenvalue weighted by Crippen LogP contribution is -2.53. The monoisotopic (exact) mass is 550 g/mol. The molecule has 2 atom stereocenters. The van der Waals surface area contributed by atoms with Crippen molar-refractivity contribution in [1.29, 1.82) is 0 Å². The van der Waals surface area contributed by atoms with Crippen LogP contribution in [0.1, 0.15) is 55.2 Å². The molecular formula is C29H38N6O5. The number of hydrogen-bond donors (Lipinski definition) is 4. The highest BCUT2D eigenvalue weighted by Gasteiger charge is 2.26. The van der Waals surface area contributed by atoms with Crippen molar-refractivity contribution < 1.29 is 23.7 Å². The van der Waals surface area contributed by atoms with E-state index in [0.717, 1.165) is 27.7 Å². The van der Waals surface area contributed by atoms with Crippen LogP contribution in [0.4, 0.5) is 0 Å². The van der Waals surface area contributed by atoms with Crippen LogP contribution in [-0.4, -0.2) is 70.4 Å². The summed E-state index contributed by atoms with van der Waals surface area (Å²) in [7, 11) is 0. The second-order valence-corrected chi connectivity index (χ2v) is 10.3. The van der Waals surface area contributed by atoms with Gasteiger partial charge in [0.15, 0.2) is 0 Å². The molecule has 4 N–H and O–H groups in total. The summed E-state index contributed by atoms with van der Waals surface area (Å²) in [5.41, 5.74) is 3.56. The maximum absolute atomic E-state index is 13.2. The summed E-state index contributed by atoms with van der Waals surface area (Å²) in [5, 5.41) is 13.4. The third-order valence-electron chi connectivity index (χ3n) is 7.36. The van der Waals surface area contributed by atoms with Crippen LogP contribution in [0.3, 0.4) is 0 Å². The van der Waals surface area contributed by atoms with Gasteiger partial charge in [0, 0.05) is 61.6 Å². The Morgan fingerprint density at radius 2 is 1.85 bits per heavy atom. The SMILES string of the molecule is Cc1noc(C)c1CCC(=O)N1CCCNC(=O)[C@@H](Cc2c[nH]c3ccccc23)NC(=O)[C@H](C)NC(=O)CCC1. The molecule has 0 bridgehead atoms. The molecule has 40 heavy (non-hydrogen) atoms. The Bertz CT molecular complexity index is 1340. The van der Waals surface area contributed by atoms with Gasteiger partial charge in [-0.1, -0.05) is 23.4 Å². The molecule has 11 nitrogen and oxygen atoms in total. The van der Waals surface area contributed by atoms with Crippen molar-refractivity contribution in [3.05, 3.63) is 53.0 Å². The van der Waals surface area contributed by atoms with Gasteiger partial charge in [0.05, 0.1) is 5.69 Å². The van der Waals surface area contributed by atoms with Crippen LogP contribution >= 0.6 is 0 Å². The number of rotatable bonds is 5. The summed E-state index contributed by atoms with van der Waals surface area (Å²) in [6, 6.07) is 6.12. The van der Waals surface area contributed by atoms with Crippen molar-refractivity contribution in [3.63, 3.8) is 0 Å². The van der Waals surface area contributed by atoms with Crippen LogP contribution in [0, 0.1) is 13.8 Å². The lowest BCUT2D eigenvalue weighted by atomic mass is 10.0. The summed E-state index contributed by atoms with van der Waals surface area (Å²) < 4.78 is 5.21. The normalized spacial score (nSPS) is 19.9. The topological polar surface area (TPSA) is 149 Å². The Balaban J connectivity index is 1.44. The van der Waals surface area contributed by atoms with Gasteiger partial charge in [-0.15, -0.1) is 0 Å². The minimum atomic E-state index is -0.830. The van der Waals surface area contributed by atoms with E-state index in [2.05, 4.69) is 26.1 Å². The van der Waals surface area contributed by atoms with Gasteiger partial charge >= 0.3 is 0 Å². The first-order chi connectivity index (χ1) is 19.2. The number of aromatic nitrogens is 2. The molecule has 1 fully saturated rings. The zero-order valence-electron chi connectivity index (χ0n) is 23.3. The van der Waals surface area contributed by atoms with E-state index in [4.69, 9.17) is 4.52 Å². The molecule has 0 radical (unpaired) electrons. The molecule has 1 aliphatic rings. The van der Waals surface area contributed by atoms with Crippen LogP contribution in [0.15, 0.2) is 35.0 Å². The van der Waals surface area contributed by atoms with Crippen molar-refractivity contribution in [1.82, 2.24) is 31.0 Å². The van der Waals surface area contributed by atoms with Gasteiger partial charge < -0.3 is 30.4 Å². The fraction of sp³-hybridized carbons (Fsp3) is 0.483. The maximum atomic E-state index is 13.2. The third-order valence-corrected chi connectivity index (χ3v) is 7.36. The number of aromatic amines is 1. The van der Waals surface area contributed by atoms with Crippen molar-refractivity contribution in [2.24, 2.45) is 0 Å². The largest absolute Gasteiger partial charge is 0.361 e. The molecule has 4 rings (SSSR count). The second kappa shape index (κ2) is 13.3. The number of aryl methyl sites for hydroxylation is 2. The number of nitrogens with one attached hydrogen (secondary N) is 4. The highest BCUT2D eigenvalue weighted by molar-refractivity contribution is 5.92. The van der Waals surface area contributed by atoms with Crippen molar-refractivity contribution in [2.45, 2.75) is 71.4 Å². The first-order valence-electron chi connectivity index (χ1n) is 13.8. The van der Waals surface area contributed by atoms with Gasteiger partial charge in [-0.05, 0) is 51.7 Å². The fourth-order valence-electron chi connectivity index (χ4n) is 5.05. The molecule has 11 heteroatoms. The molecule has 0 aliphatic carbocycles. The van der Waals surface area contributed by atoms with Crippen molar-refractivity contribution in [3.8, 4) is 0 Å². The van der Waals surface area contributed by atoms with E-state index in [1.54, 1.807) is 11.8 Å². The molecule has 3 heterocycles. The Kier molecular flexibility index (Phi) is 9.57. The number of para-hydroxylation sites is 1. The van der Waals surface area contributed by atoms with E-state index in [1.807, 2.05) is 44.3 Å². The molecule has 1 aromatic carbocycles. The molecular weight excluding hydrogens is 512 g/mol. The highest BCUT2D eigenvalue weighted by Crippen LogP contribution is 2.19. The average molecular weight is 551 g/mol. The number of amides is 4. The number of H-pyrrole nitrogens is 1. The fourth-order valence-corrected chi connectivity index (χ4v) is 5.05. The van der Waals surface area contributed by atoms with E-state index >= 15 is 0 Å². The first kappa shape index (κ1) is 28.8. The van der Waals surface area contributed by atoms with E-state index < -0.39 is 18.0 Å². The van der Waals surface area contributed by atoms with Gasteiger partial charge in [-0.3, -0.25) is 19.2 Å². The highest BCUT2D eigenvalue weighted by atomic mass is 16.5. The molecule has 3 aromatic rings. The van der Waals surface area contributed by atoms with Gasteiger partial charge in [0.1, 0.15) is 17.8 Å². The molecule has 1 aliphatic heterocycles. The summed E-state index contributed by atoms with van der Waals surface area (Å²) >= 11 is 0. The zero-order valence-corrected chi connectivity index (χ0v) is 23.3. The quantitative estimate of drug-likeness (QED) is 0.382. The molecule has 0 spiro atoms. The molecule has 4 amide bonds. The van der Waals surface area contributed by atoms with Gasteiger partial charge in [0.2, 0.25) is 23.6 Å². The summed E-state index contributed by atoms with van der Waals surface area (Å²) in [4.78, 5) is 56.8. The molecule has 2 aromatic heterocycles. The standard InChI is InChI=1S/C29H38N6O5/c1-18-22(20(3)40-34-18)11-12-27(37)35-14-6-10-26(36)32-19(2)28(38)33-25(29(39)30-13-7-15-35)16-21-17-31-24-9-5-4-8-23(21)24/h4-5,8-9,17,19,25,31H,6-7,10-16H2,1-3H3,(H,30,39)(H,32,36)(H,33,38)/t19-,25+/m0/s1. The Morgan fingerprint density at radius 1 is 1.07 bits per heavy atom. The predicted molar refractivity (Wildman–Crippen MR) is 149 cm³/mol. The number of fused-ring (bicyclic) bond motifs is 1. The molecule has 0 saturated carbocycles. The smallest absolute Gasteiger partial charge is 0.242 e. The predicted octanol–water partition coefficient (Wildman–Crippen LogP) is 2.07. The summed E-state index contributed by atoms with van der Waals surface area (Å²) in [6.45, 7) is 6.48. The van der Waals surface area contributed by atoms with Crippen molar-refractivity contribution >= 4 is 34.5 Å². The Morgan fingerprint density at radius 3 is 2.62 bits per heavy atom.